The molecule has 2 heterocycles. The van der Waals surface area contributed by atoms with Crippen LogP contribution in [0.1, 0.15) is 25.3 Å². The Morgan fingerprint density at radius 2 is 1.40 bits per heavy atom. The van der Waals surface area contributed by atoms with Crippen molar-refractivity contribution in [1.29, 1.82) is 0 Å². The minimum atomic E-state index is 0.693. The molecule has 1 aromatic heterocycles. The molecule has 4 rings (SSSR count). The minimum absolute atomic E-state index is 0.693. The summed E-state index contributed by atoms with van der Waals surface area (Å²) < 4.78 is 10.9. The smallest absolute Gasteiger partial charge is 0.226 e. The number of nitrogens with zero attached hydrogens (tertiary/aromatic N) is 3. The Morgan fingerprint density at radius 1 is 0.800 bits per heavy atom. The van der Waals surface area contributed by atoms with Crippen molar-refractivity contribution in [2.45, 2.75) is 26.7 Å². The highest BCUT2D eigenvalue weighted by molar-refractivity contribution is 5.71. The first-order valence-corrected chi connectivity index (χ1v) is 10.5. The lowest BCUT2D eigenvalue weighted by molar-refractivity contribution is 0.355. The second kappa shape index (κ2) is 8.74. The third kappa shape index (κ3) is 4.25. The quantitative estimate of drug-likeness (QED) is 0.573. The SMILES string of the molecule is COc1ccc(-c2cc(-c3ccc(C)cc3)nc(N3CCC(C)CC3)n2)cc1OC. The van der Waals surface area contributed by atoms with Crippen molar-refractivity contribution in [1.82, 2.24) is 9.97 Å². The van der Waals surface area contributed by atoms with Crippen LogP contribution in [0.25, 0.3) is 22.5 Å². The second-order valence-corrected chi connectivity index (χ2v) is 8.04. The summed E-state index contributed by atoms with van der Waals surface area (Å²) in [4.78, 5) is 12.2. The van der Waals surface area contributed by atoms with Gasteiger partial charge >= 0.3 is 0 Å². The maximum Gasteiger partial charge on any atom is 0.226 e. The number of ether oxygens (including phenoxy) is 2. The van der Waals surface area contributed by atoms with Gasteiger partial charge in [0.25, 0.3) is 0 Å². The molecule has 0 radical (unpaired) electrons. The normalized spacial score (nSPS) is 14.6. The number of aryl methyl sites for hydroxylation is 1. The van der Waals surface area contributed by atoms with E-state index in [0.29, 0.717) is 11.5 Å². The minimum Gasteiger partial charge on any atom is -0.493 e. The zero-order valence-electron chi connectivity index (χ0n) is 18.2. The number of benzene rings is 2. The predicted molar refractivity (Wildman–Crippen MR) is 121 cm³/mol. The number of anilines is 1. The van der Waals surface area contributed by atoms with Gasteiger partial charge in [-0.3, -0.25) is 0 Å². The second-order valence-electron chi connectivity index (χ2n) is 8.04. The Labute approximate surface area is 178 Å². The fourth-order valence-corrected chi connectivity index (χ4v) is 3.80. The molecule has 1 fully saturated rings. The average Bonchev–Trinajstić information content (AvgIpc) is 2.79. The fraction of sp³-hybridized carbons (Fsp3) is 0.360. The molecule has 0 saturated carbocycles. The highest BCUT2D eigenvalue weighted by Crippen LogP contribution is 2.34. The zero-order valence-corrected chi connectivity index (χ0v) is 18.2. The fourth-order valence-electron chi connectivity index (χ4n) is 3.80. The maximum absolute atomic E-state index is 5.51. The van der Waals surface area contributed by atoms with Gasteiger partial charge in [0.1, 0.15) is 0 Å². The lowest BCUT2D eigenvalue weighted by Crippen LogP contribution is -2.34. The van der Waals surface area contributed by atoms with E-state index >= 15 is 0 Å². The molecule has 156 valence electrons. The lowest BCUT2D eigenvalue weighted by atomic mass is 9.99. The van der Waals surface area contributed by atoms with Gasteiger partial charge in [-0.2, -0.15) is 0 Å². The van der Waals surface area contributed by atoms with Crippen LogP contribution in [0.15, 0.2) is 48.5 Å². The summed E-state index contributed by atoms with van der Waals surface area (Å²) >= 11 is 0. The van der Waals surface area contributed by atoms with Gasteiger partial charge in [0, 0.05) is 24.2 Å². The Balaban J connectivity index is 1.80. The van der Waals surface area contributed by atoms with Gasteiger partial charge in [-0.05, 0) is 49.9 Å². The maximum atomic E-state index is 5.51. The van der Waals surface area contributed by atoms with Crippen LogP contribution >= 0.6 is 0 Å². The van der Waals surface area contributed by atoms with E-state index in [-0.39, 0.29) is 0 Å². The summed E-state index contributed by atoms with van der Waals surface area (Å²) in [7, 11) is 3.30. The molecule has 0 N–H and O–H groups in total. The van der Waals surface area contributed by atoms with Crippen molar-refractivity contribution in [3.05, 3.63) is 54.1 Å². The number of hydrogen-bond acceptors (Lipinski definition) is 5. The van der Waals surface area contributed by atoms with E-state index in [2.05, 4.69) is 49.1 Å². The van der Waals surface area contributed by atoms with E-state index in [9.17, 15) is 0 Å². The first kappa shape index (κ1) is 20.2. The number of hydrogen-bond donors (Lipinski definition) is 0. The first-order valence-electron chi connectivity index (χ1n) is 10.5. The van der Waals surface area contributed by atoms with Gasteiger partial charge in [-0.25, -0.2) is 9.97 Å². The van der Waals surface area contributed by atoms with Crippen LogP contribution in [-0.4, -0.2) is 37.3 Å². The zero-order chi connectivity index (χ0) is 21.1. The summed E-state index contributed by atoms with van der Waals surface area (Å²) in [6.07, 6.45) is 2.34. The van der Waals surface area contributed by atoms with Crippen LogP contribution in [-0.2, 0) is 0 Å². The standard InChI is InChI=1S/C25H29N3O2/c1-17-5-7-19(8-6-17)21-16-22(20-9-10-23(29-3)24(15-20)30-4)27-25(26-21)28-13-11-18(2)12-14-28/h5-10,15-16,18H,11-14H2,1-4H3. The summed E-state index contributed by atoms with van der Waals surface area (Å²) in [6, 6.07) is 16.5. The van der Waals surface area contributed by atoms with Crippen LogP contribution in [0.2, 0.25) is 0 Å². The van der Waals surface area contributed by atoms with E-state index in [4.69, 9.17) is 19.4 Å². The van der Waals surface area contributed by atoms with Crippen molar-refractivity contribution in [2.75, 3.05) is 32.2 Å². The van der Waals surface area contributed by atoms with Gasteiger partial charge in [-0.15, -0.1) is 0 Å². The van der Waals surface area contributed by atoms with Gasteiger partial charge in [0.15, 0.2) is 11.5 Å². The highest BCUT2D eigenvalue weighted by Gasteiger charge is 2.20. The molecule has 2 aromatic carbocycles. The van der Waals surface area contributed by atoms with Gasteiger partial charge in [-0.1, -0.05) is 36.8 Å². The molecule has 0 bridgehead atoms. The summed E-state index contributed by atoms with van der Waals surface area (Å²) in [5.74, 6) is 2.95. The Hall–Kier alpha value is -3.08. The Kier molecular flexibility index (Phi) is 5.88. The summed E-state index contributed by atoms with van der Waals surface area (Å²) in [5.41, 5.74) is 5.13. The largest absolute Gasteiger partial charge is 0.493 e. The molecule has 0 unspecified atom stereocenters. The van der Waals surface area contributed by atoms with Crippen molar-refractivity contribution in [3.8, 4) is 34.0 Å². The molecule has 5 heteroatoms. The molecule has 0 amide bonds. The van der Waals surface area contributed by atoms with E-state index < -0.39 is 0 Å². The number of aromatic nitrogens is 2. The number of methoxy groups -OCH3 is 2. The van der Waals surface area contributed by atoms with Crippen LogP contribution in [0.3, 0.4) is 0 Å². The molecule has 1 aliphatic rings. The van der Waals surface area contributed by atoms with Crippen LogP contribution < -0.4 is 14.4 Å². The highest BCUT2D eigenvalue weighted by atomic mass is 16.5. The molecule has 5 nitrogen and oxygen atoms in total. The number of piperidine rings is 1. The molecular formula is C25H29N3O2. The topological polar surface area (TPSA) is 47.5 Å². The van der Waals surface area contributed by atoms with Crippen LogP contribution in [0.4, 0.5) is 5.95 Å². The third-order valence-corrected chi connectivity index (χ3v) is 5.81. The van der Waals surface area contributed by atoms with Crippen molar-refractivity contribution in [3.63, 3.8) is 0 Å². The number of rotatable bonds is 5. The monoisotopic (exact) mass is 403 g/mol. The lowest BCUT2D eigenvalue weighted by Gasteiger charge is -2.30. The molecule has 3 aromatic rings. The van der Waals surface area contributed by atoms with Crippen molar-refractivity contribution < 1.29 is 9.47 Å². The average molecular weight is 404 g/mol. The summed E-state index contributed by atoms with van der Waals surface area (Å²) in [5, 5.41) is 0. The van der Waals surface area contributed by atoms with Gasteiger partial charge < -0.3 is 14.4 Å². The Morgan fingerprint density at radius 3 is 2.03 bits per heavy atom. The molecule has 0 spiro atoms. The first-order chi connectivity index (χ1) is 14.6. The van der Waals surface area contributed by atoms with Crippen LogP contribution in [0.5, 0.6) is 11.5 Å². The molecule has 1 aliphatic heterocycles. The van der Waals surface area contributed by atoms with Crippen molar-refractivity contribution in [2.24, 2.45) is 5.92 Å². The van der Waals surface area contributed by atoms with E-state index in [1.165, 1.54) is 18.4 Å². The molecule has 0 aliphatic carbocycles. The van der Waals surface area contributed by atoms with Crippen molar-refractivity contribution >= 4 is 5.95 Å². The third-order valence-electron chi connectivity index (χ3n) is 5.81. The van der Waals surface area contributed by atoms with Crippen LogP contribution in [0, 0.1) is 12.8 Å². The molecule has 0 atom stereocenters. The van der Waals surface area contributed by atoms with Gasteiger partial charge in [0.05, 0.1) is 25.6 Å². The predicted octanol–water partition coefficient (Wildman–Crippen LogP) is 5.37. The van der Waals surface area contributed by atoms with E-state index in [1.807, 2.05) is 18.2 Å². The molecule has 30 heavy (non-hydrogen) atoms. The van der Waals surface area contributed by atoms with E-state index in [1.54, 1.807) is 14.2 Å². The molecule has 1 saturated heterocycles. The van der Waals surface area contributed by atoms with E-state index in [0.717, 1.165) is 47.5 Å². The Bertz CT molecular complexity index is 1010. The summed E-state index contributed by atoms with van der Waals surface area (Å²) in [6.45, 7) is 6.39. The molecular weight excluding hydrogens is 374 g/mol. The van der Waals surface area contributed by atoms with Gasteiger partial charge in [0.2, 0.25) is 5.95 Å².